The summed E-state index contributed by atoms with van der Waals surface area (Å²) in [5, 5.41) is 3.48. The highest BCUT2D eigenvalue weighted by atomic mass is 79.9. The minimum absolute atomic E-state index is 0.270. The molecular weight excluding hydrogens is 326 g/mol. The van der Waals surface area contributed by atoms with Crippen molar-refractivity contribution < 1.29 is 0 Å². The lowest BCUT2D eigenvalue weighted by molar-refractivity contribution is 0.567. The van der Waals surface area contributed by atoms with Crippen LogP contribution in [0.15, 0.2) is 59.2 Å². The Morgan fingerprint density at radius 2 is 1.76 bits per heavy atom. The standard InChI is InChI=1S/C17H16BrN3/c1-12(13-6-8-14(18)9-7-13)19-10-15-11-20-16-4-2-3-5-17(16)21-15/h2-9,11-12,19H,10H2,1H3. The highest BCUT2D eigenvalue weighted by Crippen LogP contribution is 2.17. The van der Waals surface area contributed by atoms with Crippen LogP contribution < -0.4 is 5.32 Å². The third kappa shape index (κ3) is 3.46. The topological polar surface area (TPSA) is 37.8 Å². The van der Waals surface area contributed by atoms with E-state index in [1.54, 1.807) is 0 Å². The van der Waals surface area contributed by atoms with Crippen LogP contribution >= 0.6 is 15.9 Å². The van der Waals surface area contributed by atoms with Crippen molar-refractivity contribution in [3.63, 3.8) is 0 Å². The zero-order chi connectivity index (χ0) is 14.7. The molecule has 21 heavy (non-hydrogen) atoms. The highest BCUT2D eigenvalue weighted by Gasteiger charge is 2.06. The number of nitrogens with one attached hydrogen (secondary N) is 1. The third-order valence-electron chi connectivity index (χ3n) is 3.46. The highest BCUT2D eigenvalue weighted by molar-refractivity contribution is 9.10. The summed E-state index contributed by atoms with van der Waals surface area (Å²) in [6.07, 6.45) is 1.84. The molecule has 1 aromatic heterocycles. The normalized spacial score (nSPS) is 12.5. The summed E-state index contributed by atoms with van der Waals surface area (Å²) >= 11 is 3.45. The van der Waals surface area contributed by atoms with Crippen LogP contribution in [-0.4, -0.2) is 9.97 Å². The third-order valence-corrected chi connectivity index (χ3v) is 3.99. The second-order valence-corrected chi connectivity index (χ2v) is 5.92. The maximum Gasteiger partial charge on any atom is 0.0890 e. The molecule has 0 amide bonds. The van der Waals surface area contributed by atoms with Crippen molar-refractivity contribution in [3.05, 3.63) is 70.5 Å². The molecule has 0 aliphatic rings. The summed E-state index contributed by atoms with van der Waals surface area (Å²) in [5.41, 5.74) is 4.08. The van der Waals surface area contributed by atoms with Gasteiger partial charge in [0.25, 0.3) is 0 Å². The Kier molecular flexibility index (Phi) is 4.27. The van der Waals surface area contributed by atoms with Gasteiger partial charge in [0.2, 0.25) is 0 Å². The van der Waals surface area contributed by atoms with Gasteiger partial charge < -0.3 is 5.32 Å². The van der Waals surface area contributed by atoms with Crippen LogP contribution in [0.4, 0.5) is 0 Å². The quantitative estimate of drug-likeness (QED) is 0.771. The van der Waals surface area contributed by atoms with Crippen molar-refractivity contribution in [1.82, 2.24) is 15.3 Å². The van der Waals surface area contributed by atoms with Crippen molar-refractivity contribution in [2.45, 2.75) is 19.5 Å². The Bertz CT molecular complexity index is 740. The molecule has 0 radical (unpaired) electrons. The van der Waals surface area contributed by atoms with Crippen LogP contribution in [-0.2, 0) is 6.54 Å². The molecule has 0 aliphatic carbocycles. The van der Waals surface area contributed by atoms with Gasteiger partial charge in [-0.25, -0.2) is 4.98 Å². The minimum Gasteiger partial charge on any atom is -0.305 e. The van der Waals surface area contributed by atoms with E-state index in [4.69, 9.17) is 0 Å². The molecule has 1 N–H and O–H groups in total. The number of fused-ring (bicyclic) bond motifs is 1. The predicted octanol–water partition coefficient (Wildman–Crippen LogP) is 4.24. The zero-order valence-corrected chi connectivity index (χ0v) is 13.3. The Morgan fingerprint density at radius 1 is 1.05 bits per heavy atom. The van der Waals surface area contributed by atoms with Crippen LogP contribution in [0, 0.1) is 0 Å². The number of benzene rings is 2. The molecule has 0 fully saturated rings. The SMILES string of the molecule is CC(NCc1cnc2ccccc2n1)c1ccc(Br)cc1. The Morgan fingerprint density at radius 3 is 2.52 bits per heavy atom. The van der Waals surface area contributed by atoms with Gasteiger partial charge >= 0.3 is 0 Å². The molecule has 3 aromatic rings. The first kappa shape index (κ1) is 14.2. The minimum atomic E-state index is 0.270. The van der Waals surface area contributed by atoms with E-state index < -0.39 is 0 Å². The first-order valence-electron chi connectivity index (χ1n) is 6.92. The van der Waals surface area contributed by atoms with Gasteiger partial charge in [0.1, 0.15) is 0 Å². The molecule has 3 nitrogen and oxygen atoms in total. The molecule has 0 bridgehead atoms. The maximum absolute atomic E-state index is 4.62. The number of rotatable bonds is 4. The lowest BCUT2D eigenvalue weighted by atomic mass is 10.1. The largest absolute Gasteiger partial charge is 0.305 e. The van der Waals surface area contributed by atoms with Crippen LogP contribution in [0.3, 0.4) is 0 Å². The molecule has 1 heterocycles. The number of hydrogen-bond acceptors (Lipinski definition) is 3. The van der Waals surface area contributed by atoms with E-state index in [0.29, 0.717) is 6.54 Å². The van der Waals surface area contributed by atoms with E-state index in [1.165, 1.54) is 5.56 Å². The molecule has 0 saturated carbocycles. The van der Waals surface area contributed by atoms with Gasteiger partial charge in [-0.1, -0.05) is 40.2 Å². The molecule has 4 heteroatoms. The monoisotopic (exact) mass is 341 g/mol. The van der Waals surface area contributed by atoms with E-state index in [1.807, 2.05) is 30.5 Å². The summed E-state index contributed by atoms with van der Waals surface area (Å²) in [7, 11) is 0. The lowest BCUT2D eigenvalue weighted by Gasteiger charge is -2.14. The predicted molar refractivity (Wildman–Crippen MR) is 88.9 cm³/mol. The molecule has 0 spiro atoms. The van der Waals surface area contributed by atoms with Crippen molar-refractivity contribution in [2.24, 2.45) is 0 Å². The average molecular weight is 342 g/mol. The maximum atomic E-state index is 4.62. The molecular formula is C17H16BrN3. The van der Waals surface area contributed by atoms with Gasteiger partial charge in [0, 0.05) is 17.1 Å². The van der Waals surface area contributed by atoms with Crippen molar-refractivity contribution in [2.75, 3.05) is 0 Å². The number of nitrogens with zero attached hydrogens (tertiary/aromatic N) is 2. The van der Waals surface area contributed by atoms with Crippen LogP contribution in [0.1, 0.15) is 24.2 Å². The smallest absolute Gasteiger partial charge is 0.0890 e. The number of aromatic nitrogens is 2. The molecule has 0 aliphatic heterocycles. The van der Waals surface area contributed by atoms with Gasteiger partial charge in [-0.15, -0.1) is 0 Å². The molecule has 106 valence electrons. The molecule has 1 atom stereocenters. The Balaban J connectivity index is 1.69. The number of hydrogen-bond donors (Lipinski definition) is 1. The second kappa shape index (κ2) is 6.33. The average Bonchev–Trinajstić information content (AvgIpc) is 2.53. The van der Waals surface area contributed by atoms with Crippen molar-refractivity contribution in [1.29, 1.82) is 0 Å². The first-order chi connectivity index (χ1) is 10.2. The lowest BCUT2D eigenvalue weighted by Crippen LogP contribution is -2.18. The van der Waals surface area contributed by atoms with Crippen molar-refractivity contribution >= 4 is 27.0 Å². The van der Waals surface area contributed by atoms with Crippen LogP contribution in [0.2, 0.25) is 0 Å². The van der Waals surface area contributed by atoms with E-state index >= 15 is 0 Å². The number of para-hydroxylation sites is 2. The van der Waals surface area contributed by atoms with E-state index in [0.717, 1.165) is 21.2 Å². The van der Waals surface area contributed by atoms with Gasteiger partial charge in [-0.3, -0.25) is 4.98 Å². The van der Waals surface area contributed by atoms with E-state index in [2.05, 4.69) is 62.4 Å². The number of halogens is 1. The van der Waals surface area contributed by atoms with Gasteiger partial charge in [-0.2, -0.15) is 0 Å². The van der Waals surface area contributed by atoms with Gasteiger partial charge in [0.15, 0.2) is 0 Å². The van der Waals surface area contributed by atoms with Crippen molar-refractivity contribution in [3.8, 4) is 0 Å². The molecule has 1 unspecified atom stereocenters. The fourth-order valence-corrected chi connectivity index (χ4v) is 2.47. The van der Waals surface area contributed by atoms with E-state index in [9.17, 15) is 0 Å². The van der Waals surface area contributed by atoms with Gasteiger partial charge in [0.05, 0.1) is 22.9 Å². The van der Waals surface area contributed by atoms with Gasteiger partial charge in [-0.05, 0) is 36.8 Å². The van der Waals surface area contributed by atoms with E-state index in [-0.39, 0.29) is 6.04 Å². The summed E-state index contributed by atoms with van der Waals surface area (Å²) in [6.45, 7) is 2.85. The summed E-state index contributed by atoms with van der Waals surface area (Å²) in [4.78, 5) is 9.06. The van der Waals surface area contributed by atoms with Crippen LogP contribution in [0.5, 0.6) is 0 Å². The summed E-state index contributed by atoms with van der Waals surface area (Å²) in [5.74, 6) is 0. The summed E-state index contributed by atoms with van der Waals surface area (Å²) < 4.78 is 1.10. The fourth-order valence-electron chi connectivity index (χ4n) is 2.21. The summed E-state index contributed by atoms with van der Waals surface area (Å²) in [6, 6.07) is 16.6. The first-order valence-corrected chi connectivity index (χ1v) is 7.71. The molecule has 0 saturated heterocycles. The second-order valence-electron chi connectivity index (χ2n) is 5.00. The Hall–Kier alpha value is -1.78. The fraction of sp³-hybridized carbons (Fsp3) is 0.176. The molecule has 2 aromatic carbocycles. The zero-order valence-electron chi connectivity index (χ0n) is 11.8. The molecule has 3 rings (SSSR count). The van der Waals surface area contributed by atoms with Crippen LogP contribution in [0.25, 0.3) is 11.0 Å². The Labute approximate surface area is 132 Å².